The summed E-state index contributed by atoms with van der Waals surface area (Å²) in [6.07, 6.45) is 13.8. The van der Waals surface area contributed by atoms with Crippen molar-refractivity contribution in [3.05, 3.63) is 192 Å². The van der Waals surface area contributed by atoms with Crippen LogP contribution in [0.4, 0.5) is 0 Å². The van der Waals surface area contributed by atoms with Crippen LogP contribution in [0, 0.1) is 12.8 Å². The van der Waals surface area contributed by atoms with Crippen LogP contribution in [-0.4, -0.2) is 0 Å². The summed E-state index contributed by atoms with van der Waals surface area (Å²) in [5.41, 5.74) is 13.9. The average Bonchev–Trinajstić information content (AvgIpc) is 3.62. The standard InChI is InChI=1S/C49H48O.2C2H6/c1-7-34(2)35(3)20-11-8-16-25-41-26-17-27-43(38(41)6)45-29-19-31-47-46-30-18-28-44(48(46)50-49(45)47)42(32-36(4)39-21-12-9-13-22-39)33-37(5)40-23-14-10-15-24-40;2*1-2/h8-24,26-31,33-34,42H,3-4,7,25,32H2,1-2,5-6H3;2*1-2H3/b16-8-,20-11-,37-33+;;. The first-order valence-corrected chi connectivity index (χ1v) is 19.9. The Balaban J connectivity index is 0.00000157. The summed E-state index contributed by atoms with van der Waals surface area (Å²) < 4.78 is 6.99. The Bertz CT molecular complexity index is 2200. The SMILES string of the molecule is C=C(CC(/C=C(\C)c1ccccc1)c1cccc2c1oc1c(-c3cccc(C/C=C\C=C/C(=C)C(C)CC)c3C)cccc12)c1ccccc1.CC.CC. The first kappa shape index (κ1) is 41.4. The first-order chi connectivity index (χ1) is 26.4. The minimum atomic E-state index is 0.0730. The van der Waals surface area contributed by atoms with Crippen molar-refractivity contribution < 1.29 is 4.42 Å². The molecule has 54 heavy (non-hydrogen) atoms. The lowest BCUT2D eigenvalue weighted by Gasteiger charge is -2.18. The molecular weight excluding hydrogens is 653 g/mol. The van der Waals surface area contributed by atoms with Crippen LogP contribution in [0.1, 0.15) is 95.0 Å². The fourth-order valence-corrected chi connectivity index (χ4v) is 6.84. The molecule has 2 unspecified atom stereocenters. The molecule has 0 fully saturated rings. The Labute approximate surface area is 326 Å². The third kappa shape index (κ3) is 9.97. The molecule has 0 aliphatic heterocycles. The van der Waals surface area contributed by atoms with Gasteiger partial charge in [-0.25, -0.2) is 0 Å². The number of hydrogen-bond donors (Lipinski definition) is 0. The average molecular weight is 713 g/mol. The predicted molar refractivity (Wildman–Crippen MR) is 240 cm³/mol. The third-order valence-electron chi connectivity index (χ3n) is 10.2. The second kappa shape index (κ2) is 20.7. The van der Waals surface area contributed by atoms with Crippen molar-refractivity contribution in [1.82, 2.24) is 0 Å². The van der Waals surface area contributed by atoms with E-state index in [2.05, 4.69) is 186 Å². The van der Waals surface area contributed by atoms with Crippen LogP contribution in [0.15, 0.2) is 169 Å². The van der Waals surface area contributed by atoms with Gasteiger partial charge in [-0.15, -0.1) is 0 Å². The second-order valence-electron chi connectivity index (χ2n) is 13.5. The van der Waals surface area contributed by atoms with Crippen LogP contribution >= 0.6 is 0 Å². The Morgan fingerprint density at radius 2 is 1.28 bits per heavy atom. The fourth-order valence-electron chi connectivity index (χ4n) is 6.84. The normalized spacial score (nSPS) is 12.6. The minimum Gasteiger partial charge on any atom is -0.455 e. The van der Waals surface area contributed by atoms with Gasteiger partial charge in [-0.2, -0.15) is 0 Å². The molecule has 0 saturated carbocycles. The second-order valence-corrected chi connectivity index (χ2v) is 13.5. The maximum Gasteiger partial charge on any atom is 0.143 e. The largest absolute Gasteiger partial charge is 0.455 e. The quantitative estimate of drug-likeness (QED) is 0.109. The summed E-state index contributed by atoms with van der Waals surface area (Å²) in [4.78, 5) is 0. The minimum absolute atomic E-state index is 0.0730. The molecule has 0 N–H and O–H groups in total. The van der Waals surface area contributed by atoms with E-state index in [4.69, 9.17) is 4.42 Å². The molecule has 0 spiro atoms. The number of allylic oxidation sites excluding steroid dienone is 8. The van der Waals surface area contributed by atoms with E-state index in [0.29, 0.717) is 5.92 Å². The highest BCUT2D eigenvalue weighted by Crippen LogP contribution is 2.42. The van der Waals surface area contributed by atoms with E-state index in [9.17, 15) is 0 Å². The molecule has 1 aromatic heterocycles. The van der Waals surface area contributed by atoms with Gasteiger partial charge in [0.25, 0.3) is 0 Å². The third-order valence-corrected chi connectivity index (χ3v) is 10.2. The summed E-state index contributed by atoms with van der Waals surface area (Å²) in [5.74, 6) is 0.578. The van der Waals surface area contributed by atoms with Crippen molar-refractivity contribution in [1.29, 1.82) is 0 Å². The smallest absolute Gasteiger partial charge is 0.143 e. The van der Waals surface area contributed by atoms with Gasteiger partial charge in [0.1, 0.15) is 11.2 Å². The highest BCUT2D eigenvalue weighted by molar-refractivity contribution is 6.10. The van der Waals surface area contributed by atoms with Gasteiger partial charge in [-0.3, -0.25) is 0 Å². The van der Waals surface area contributed by atoms with Crippen molar-refractivity contribution in [2.45, 2.75) is 80.6 Å². The van der Waals surface area contributed by atoms with Crippen molar-refractivity contribution in [2.24, 2.45) is 5.92 Å². The Morgan fingerprint density at radius 3 is 1.94 bits per heavy atom. The summed E-state index contributed by atoms with van der Waals surface area (Å²) in [5, 5.41) is 2.28. The maximum atomic E-state index is 6.99. The van der Waals surface area contributed by atoms with Gasteiger partial charge in [-0.1, -0.05) is 206 Å². The van der Waals surface area contributed by atoms with Gasteiger partial charge in [0.15, 0.2) is 0 Å². The van der Waals surface area contributed by atoms with E-state index < -0.39 is 0 Å². The van der Waals surface area contributed by atoms with E-state index in [1.54, 1.807) is 0 Å². The number of benzene rings is 5. The number of furan rings is 1. The number of rotatable bonds is 13. The van der Waals surface area contributed by atoms with Gasteiger partial charge < -0.3 is 4.42 Å². The molecule has 6 aromatic rings. The summed E-state index contributed by atoms with van der Waals surface area (Å²) in [7, 11) is 0. The van der Waals surface area contributed by atoms with Crippen LogP contribution in [0.25, 0.3) is 44.2 Å². The van der Waals surface area contributed by atoms with Crippen molar-refractivity contribution in [3.8, 4) is 11.1 Å². The van der Waals surface area contributed by atoms with Crippen LogP contribution in [0.2, 0.25) is 0 Å². The van der Waals surface area contributed by atoms with Gasteiger partial charge in [0, 0.05) is 27.8 Å². The molecule has 0 bridgehead atoms. The lowest BCUT2D eigenvalue weighted by atomic mass is 9.86. The fraction of sp³-hybridized carbons (Fsp3) is 0.245. The lowest BCUT2D eigenvalue weighted by Crippen LogP contribution is -1.99. The summed E-state index contributed by atoms with van der Waals surface area (Å²) in [6.45, 7) is 25.6. The van der Waals surface area contributed by atoms with E-state index in [0.717, 1.165) is 52.3 Å². The highest BCUT2D eigenvalue weighted by Gasteiger charge is 2.21. The van der Waals surface area contributed by atoms with Crippen LogP contribution in [0.5, 0.6) is 0 Å². The molecule has 0 radical (unpaired) electrons. The van der Waals surface area contributed by atoms with Crippen molar-refractivity contribution in [3.63, 3.8) is 0 Å². The van der Waals surface area contributed by atoms with Crippen LogP contribution in [-0.2, 0) is 6.42 Å². The number of fused-ring (bicyclic) bond motifs is 3. The van der Waals surface area contributed by atoms with E-state index in [1.807, 2.05) is 27.7 Å². The van der Waals surface area contributed by atoms with E-state index in [1.165, 1.54) is 44.5 Å². The van der Waals surface area contributed by atoms with Crippen LogP contribution in [0.3, 0.4) is 0 Å². The molecule has 0 amide bonds. The highest BCUT2D eigenvalue weighted by atomic mass is 16.3. The van der Waals surface area contributed by atoms with E-state index in [-0.39, 0.29) is 5.92 Å². The zero-order valence-electron chi connectivity index (χ0n) is 34.0. The Morgan fingerprint density at radius 1 is 0.685 bits per heavy atom. The Hall–Kier alpha value is -5.40. The van der Waals surface area contributed by atoms with Crippen molar-refractivity contribution >= 4 is 33.1 Å². The monoisotopic (exact) mass is 712 g/mol. The molecule has 1 heterocycles. The molecule has 0 aliphatic carbocycles. The molecular formula is C53H60O. The maximum absolute atomic E-state index is 6.99. The van der Waals surface area contributed by atoms with Gasteiger partial charge >= 0.3 is 0 Å². The molecule has 2 atom stereocenters. The predicted octanol–water partition coefficient (Wildman–Crippen LogP) is 16.2. The Kier molecular flexibility index (Phi) is 15.9. The topological polar surface area (TPSA) is 13.1 Å². The molecule has 5 aromatic carbocycles. The zero-order chi connectivity index (χ0) is 39.0. The van der Waals surface area contributed by atoms with Gasteiger partial charge in [0.05, 0.1) is 0 Å². The molecule has 0 saturated heterocycles. The first-order valence-electron chi connectivity index (χ1n) is 19.9. The number of hydrogen-bond acceptors (Lipinski definition) is 1. The van der Waals surface area contributed by atoms with Gasteiger partial charge in [-0.05, 0) is 78.0 Å². The summed E-state index contributed by atoms with van der Waals surface area (Å²) in [6, 6.07) is 40.9. The molecule has 278 valence electrons. The molecule has 1 nitrogen and oxygen atoms in total. The molecule has 0 aliphatic rings. The molecule has 1 heteroatoms. The summed E-state index contributed by atoms with van der Waals surface area (Å²) >= 11 is 0. The van der Waals surface area contributed by atoms with Gasteiger partial charge in [0.2, 0.25) is 0 Å². The van der Waals surface area contributed by atoms with Crippen LogP contribution < -0.4 is 0 Å². The zero-order valence-corrected chi connectivity index (χ0v) is 34.0. The van der Waals surface area contributed by atoms with E-state index >= 15 is 0 Å². The van der Waals surface area contributed by atoms with Crippen molar-refractivity contribution in [2.75, 3.05) is 0 Å². The number of para-hydroxylation sites is 2. The molecule has 6 rings (SSSR count). The lowest BCUT2D eigenvalue weighted by molar-refractivity contribution is 0.659.